The van der Waals surface area contributed by atoms with Gasteiger partial charge in [0.15, 0.2) is 0 Å². The summed E-state index contributed by atoms with van der Waals surface area (Å²) in [4.78, 5) is 24.4. The Labute approximate surface area is 183 Å². The van der Waals surface area contributed by atoms with E-state index >= 15 is 0 Å². The molecule has 11 heteroatoms. The maximum absolute atomic E-state index is 13.8. The van der Waals surface area contributed by atoms with E-state index in [1.807, 2.05) is 0 Å². The Bertz CT molecular complexity index is 1210. The number of alkyl carbamates (subject to hydrolysis) is 1. The van der Waals surface area contributed by atoms with Crippen LogP contribution in [0.4, 0.5) is 26.7 Å². The molecule has 3 rings (SSSR count). The van der Waals surface area contributed by atoms with Gasteiger partial charge >= 0.3 is 12.1 Å². The van der Waals surface area contributed by atoms with Crippen molar-refractivity contribution in [2.45, 2.75) is 6.61 Å². The zero-order valence-electron chi connectivity index (χ0n) is 16.4. The molecule has 170 valence electrons. The van der Waals surface area contributed by atoms with Crippen LogP contribution in [0.3, 0.4) is 0 Å². The summed E-state index contributed by atoms with van der Waals surface area (Å²) in [7, 11) is 0. The number of amides is 1. The fraction of sp³-hybridized carbons (Fsp3) is 0.0455. The normalized spacial score (nSPS) is 10.5. The van der Waals surface area contributed by atoms with E-state index in [1.165, 1.54) is 18.2 Å². The number of nitrogens with one attached hydrogen (secondary N) is 2. The molecule has 0 aliphatic rings. The van der Waals surface area contributed by atoms with Crippen molar-refractivity contribution in [2.24, 2.45) is 0 Å². The lowest BCUT2D eigenvalue weighted by Crippen LogP contribution is -2.32. The van der Waals surface area contributed by atoms with Gasteiger partial charge in [0.05, 0.1) is 5.56 Å². The van der Waals surface area contributed by atoms with Crippen LogP contribution in [-0.4, -0.2) is 17.9 Å². The first kappa shape index (κ1) is 23.4. The summed E-state index contributed by atoms with van der Waals surface area (Å²) in [5.41, 5.74) is -0.0798. The van der Waals surface area contributed by atoms with Crippen LogP contribution >= 0.6 is 0 Å². The quantitative estimate of drug-likeness (QED) is 0.107. The fourth-order valence-corrected chi connectivity index (χ4v) is 2.63. The maximum atomic E-state index is 13.8. The Morgan fingerprint density at radius 2 is 1.27 bits per heavy atom. The van der Waals surface area contributed by atoms with Crippen molar-refractivity contribution in [3.05, 3.63) is 100 Å². The molecule has 0 saturated heterocycles. The van der Waals surface area contributed by atoms with Gasteiger partial charge in [-0.15, -0.1) is 0 Å². The van der Waals surface area contributed by atoms with Crippen molar-refractivity contribution in [1.82, 2.24) is 5.32 Å². The van der Waals surface area contributed by atoms with Crippen LogP contribution < -0.4 is 10.1 Å². The minimum absolute atomic E-state index is 0.107. The van der Waals surface area contributed by atoms with Crippen LogP contribution in [-0.2, 0) is 11.3 Å². The van der Waals surface area contributed by atoms with Crippen LogP contribution in [0.15, 0.2) is 54.6 Å². The Morgan fingerprint density at radius 3 is 1.88 bits per heavy atom. The number of halogens is 5. The number of benzene rings is 3. The van der Waals surface area contributed by atoms with Crippen molar-refractivity contribution in [3.8, 4) is 5.75 Å². The third kappa shape index (κ3) is 5.14. The number of hydrogen-bond donors (Lipinski definition) is 2. The van der Waals surface area contributed by atoms with Gasteiger partial charge in [-0.3, -0.25) is 10.7 Å². The van der Waals surface area contributed by atoms with Crippen molar-refractivity contribution < 1.29 is 41.0 Å². The molecular weight excluding hydrogens is 451 g/mol. The fourth-order valence-electron chi connectivity index (χ4n) is 2.63. The number of rotatable bonds is 5. The average Bonchev–Trinajstić information content (AvgIpc) is 2.83. The Kier molecular flexibility index (Phi) is 7.01. The van der Waals surface area contributed by atoms with Gasteiger partial charge in [0, 0.05) is 5.56 Å². The van der Waals surface area contributed by atoms with Gasteiger partial charge in [0.1, 0.15) is 12.4 Å². The SMILES string of the molecule is N=C(NC(=O)OCc1ccccc1)c1ccccc1C(=O)Oc1c(F)c(F)c(F)c(F)c1F. The lowest BCUT2D eigenvalue weighted by atomic mass is 10.1. The van der Waals surface area contributed by atoms with E-state index in [0.717, 1.165) is 6.07 Å². The highest BCUT2D eigenvalue weighted by atomic mass is 19.2. The summed E-state index contributed by atoms with van der Waals surface area (Å²) in [5.74, 6) is -15.6. The zero-order chi connectivity index (χ0) is 24.1. The van der Waals surface area contributed by atoms with Crippen LogP contribution in [0.25, 0.3) is 0 Å². The van der Waals surface area contributed by atoms with E-state index in [1.54, 1.807) is 30.3 Å². The largest absolute Gasteiger partial charge is 0.444 e. The number of esters is 1. The van der Waals surface area contributed by atoms with Gasteiger partial charge in [0.25, 0.3) is 0 Å². The number of carbonyl (C=O) groups is 2. The molecule has 6 nitrogen and oxygen atoms in total. The molecule has 0 aromatic heterocycles. The number of carbonyl (C=O) groups excluding carboxylic acids is 2. The second-order valence-corrected chi connectivity index (χ2v) is 6.40. The van der Waals surface area contributed by atoms with Gasteiger partial charge in [-0.1, -0.05) is 48.5 Å². The minimum Gasteiger partial charge on any atom is -0.444 e. The third-order valence-corrected chi connectivity index (χ3v) is 4.22. The van der Waals surface area contributed by atoms with Crippen molar-refractivity contribution in [3.63, 3.8) is 0 Å². The van der Waals surface area contributed by atoms with Gasteiger partial charge in [-0.2, -0.15) is 8.78 Å². The highest BCUT2D eigenvalue weighted by Crippen LogP contribution is 2.30. The van der Waals surface area contributed by atoms with Gasteiger partial charge in [-0.05, 0) is 11.6 Å². The Morgan fingerprint density at radius 1 is 0.758 bits per heavy atom. The number of amidine groups is 1. The summed E-state index contributed by atoms with van der Waals surface area (Å²) in [5, 5.41) is 10.1. The molecule has 0 radical (unpaired) electrons. The minimum atomic E-state index is -2.41. The highest BCUT2D eigenvalue weighted by Gasteiger charge is 2.29. The van der Waals surface area contributed by atoms with Crippen LogP contribution in [0.5, 0.6) is 5.75 Å². The predicted molar refractivity (Wildman–Crippen MR) is 104 cm³/mol. The first-order valence-corrected chi connectivity index (χ1v) is 9.10. The maximum Gasteiger partial charge on any atom is 0.413 e. The van der Waals surface area contributed by atoms with Crippen molar-refractivity contribution in [1.29, 1.82) is 5.41 Å². The zero-order valence-corrected chi connectivity index (χ0v) is 16.4. The van der Waals surface area contributed by atoms with E-state index in [-0.39, 0.29) is 12.2 Å². The molecule has 0 unspecified atom stereocenters. The molecule has 0 heterocycles. The summed E-state index contributed by atoms with van der Waals surface area (Å²) in [6.07, 6.45) is -1.04. The van der Waals surface area contributed by atoms with E-state index in [0.29, 0.717) is 5.56 Å². The molecule has 0 saturated carbocycles. The van der Waals surface area contributed by atoms with Crippen LogP contribution in [0.1, 0.15) is 21.5 Å². The van der Waals surface area contributed by atoms with E-state index in [4.69, 9.17) is 10.1 Å². The molecule has 0 aliphatic heterocycles. The highest BCUT2D eigenvalue weighted by molar-refractivity contribution is 6.11. The smallest absolute Gasteiger partial charge is 0.413 e. The van der Waals surface area contributed by atoms with E-state index in [2.05, 4.69) is 10.1 Å². The van der Waals surface area contributed by atoms with Crippen molar-refractivity contribution in [2.75, 3.05) is 0 Å². The average molecular weight is 464 g/mol. The molecule has 33 heavy (non-hydrogen) atoms. The van der Waals surface area contributed by atoms with E-state index < -0.39 is 58.3 Å². The van der Waals surface area contributed by atoms with Gasteiger partial charge < -0.3 is 9.47 Å². The molecule has 0 aliphatic carbocycles. The second kappa shape index (κ2) is 9.90. The molecule has 3 aromatic carbocycles. The second-order valence-electron chi connectivity index (χ2n) is 6.40. The summed E-state index contributed by atoms with van der Waals surface area (Å²) >= 11 is 0. The molecule has 1 amide bonds. The first-order chi connectivity index (χ1) is 15.7. The molecular formula is C22H13F5N2O4. The van der Waals surface area contributed by atoms with Crippen LogP contribution in [0, 0.1) is 34.5 Å². The number of hydrogen-bond acceptors (Lipinski definition) is 5. The summed E-state index contributed by atoms with van der Waals surface area (Å²) < 4.78 is 76.9. The van der Waals surface area contributed by atoms with Gasteiger partial charge in [-0.25, -0.2) is 22.8 Å². The first-order valence-electron chi connectivity index (χ1n) is 9.10. The van der Waals surface area contributed by atoms with Crippen LogP contribution in [0.2, 0.25) is 0 Å². The molecule has 0 fully saturated rings. The molecule has 2 N–H and O–H groups in total. The Balaban J connectivity index is 1.77. The monoisotopic (exact) mass is 464 g/mol. The summed E-state index contributed by atoms with van der Waals surface area (Å²) in [6.45, 7) is -0.107. The molecule has 0 spiro atoms. The molecule has 0 atom stereocenters. The lowest BCUT2D eigenvalue weighted by Gasteiger charge is -2.13. The van der Waals surface area contributed by atoms with Crippen molar-refractivity contribution >= 4 is 17.9 Å². The van der Waals surface area contributed by atoms with Gasteiger partial charge in [0.2, 0.25) is 34.8 Å². The standard InChI is InChI=1S/C22H13F5N2O4/c23-14-15(24)17(26)19(18(27)16(14)25)33-21(30)13-9-5-4-8-12(13)20(28)29-22(31)32-10-11-6-2-1-3-7-11/h1-9H,10H2,(H2,28,29,31). The number of ether oxygens (including phenoxy) is 2. The molecule has 3 aromatic rings. The molecule has 0 bridgehead atoms. The summed E-state index contributed by atoms with van der Waals surface area (Å²) in [6, 6.07) is 13.5. The van der Waals surface area contributed by atoms with E-state index in [9.17, 15) is 31.5 Å². The lowest BCUT2D eigenvalue weighted by molar-refractivity contribution is 0.0715. The Hall–Kier alpha value is -4.28. The third-order valence-electron chi connectivity index (χ3n) is 4.22. The predicted octanol–water partition coefficient (Wildman–Crippen LogP) is 4.85. The topological polar surface area (TPSA) is 88.5 Å².